The Kier molecular flexibility index (Phi) is 3.38. The molecule has 0 aliphatic heterocycles. The molecular formula is C15H17NO2. The lowest BCUT2D eigenvalue weighted by atomic mass is 9.91. The second-order valence-corrected chi connectivity index (χ2v) is 5.03. The monoisotopic (exact) mass is 243 g/mol. The van der Waals surface area contributed by atoms with Gasteiger partial charge in [-0.1, -0.05) is 24.6 Å². The molecule has 0 bridgehead atoms. The lowest BCUT2D eigenvalue weighted by Crippen LogP contribution is -2.14. The Morgan fingerprint density at radius 2 is 2.22 bits per heavy atom. The number of benzene rings is 1. The molecular weight excluding hydrogens is 226 g/mol. The molecule has 0 aromatic heterocycles. The molecule has 1 aromatic rings. The van der Waals surface area contributed by atoms with Crippen LogP contribution in [-0.4, -0.2) is 12.9 Å². The number of aryl methyl sites for hydroxylation is 1. The normalized spacial score (nSPS) is 23.0. The van der Waals surface area contributed by atoms with Crippen LogP contribution < -0.4 is 4.74 Å². The summed E-state index contributed by atoms with van der Waals surface area (Å²) in [6.45, 7) is 3.99. The van der Waals surface area contributed by atoms with Crippen LogP contribution in [-0.2, 0) is 4.79 Å². The van der Waals surface area contributed by atoms with Gasteiger partial charge in [0, 0.05) is 11.5 Å². The third-order valence-electron chi connectivity index (χ3n) is 3.58. The average molecular weight is 243 g/mol. The largest absolute Gasteiger partial charge is 0.496 e. The van der Waals surface area contributed by atoms with Gasteiger partial charge in [0.1, 0.15) is 11.7 Å². The van der Waals surface area contributed by atoms with Gasteiger partial charge in [0.25, 0.3) is 0 Å². The number of hydrogen-bond acceptors (Lipinski definition) is 3. The highest BCUT2D eigenvalue weighted by molar-refractivity contribution is 5.93. The molecule has 0 saturated heterocycles. The lowest BCUT2D eigenvalue weighted by molar-refractivity contribution is -0.120. The molecule has 3 nitrogen and oxygen atoms in total. The summed E-state index contributed by atoms with van der Waals surface area (Å²) in [5.74, 6) is 0.432. The molecule has 2 rings (SSSR count). The molecule has 0 spiro atoms. The van der Waals surface area contributed by atoms with Gasteiger partial charge in [-0.15, -0.1) is 0 Å². The molecule has 1 aliphatic rings. The molecule has 3 atom stereocenters. The molecule has 0 heterocycles. The molecule has 1 aromatic carbocycles. The minimum atomic E-state index is -0.699. The summed E-state index contributed by atoms with van der Waals surface area (Å²) >= 11 is 0. The van der Waals surface area contributed by atoms with Crippen LogP contribution in [0.15, 0.2) is 18.2 Å². The topological polar surface area (TPSA) is 50.1 Å². The van der Waals surface area contributed by atoms with Gasteiger partial charge < -0.3 is 4.74 Å². The van der Waals surface area contributed by atoms with Crippen molar-refractivity contribution >= 4 is 5.78 Å². The number of hydrogen-bond donors (Lipinski definition) is 0. The van der Waals surface area contributed by atoms with Crippen LogP contribution in [0.3, 0.4) is 0 Å². The fourth-order valence-corrected chi connectivity index (χ4v) is 2.30. The summed E-state index contributed by atoms with van der Waals surface area (Å²) in [6.07, 6.45) is 0.908. The van der Waals surface area contributed by atoms with E-state index in [-0.39, 0.29) is 11.7 Å². The highest BCUT2D eigenvalue weighted by Crippen LogP contribution is 2.43. The van der Waals surface area contributed by atoms with Gasteiger partial charge in [-0.25, -0.2) is 0 Å². The number of carbonyl (C=O) groups is 1. The van der Waals surface area contributed by atoms with Gasteiger partial charge >= 0.3 is 0 Å². The van der Waals surface area contributed by atoms with E-state index in [4.69, 9.17) is 4.74 Å². The maximum atomic E-state index is 12.2. The zero-order chi connectivity index (χ0) is 13.3. The predicted molar refractivity (Wildman–Crippen MR) is 68.4 cm³/mol. The molecule has 0 amide bonds. The van der Waals surface area contributed by atoms with Gasteiger partial charge in [0.15, 0.2) is 5.78 Å². The standard InChI is InChI=1S/C15H17NO2/c1-9-4-5-14(18-3)12(6-9)13(8-16)15(17)11-7-10(11)2/h4-6,10-11,13H,7H2,1-3H3. The number of nitriles is 1. The summed E-state index contributed by atoms with van der Waals surface area (Å²) < 4.78 is 5.26. The average Bonchev–Trinajstić information content (AvgIpc) is 3.07. The van der Waals surface area contributed by atoms with E-state index in [0.717, 1.165) is 12.0 Å². The van der Waals surface area contributed by atoms with Crippen molar-refractivity contribution in [2.75, 3.05) is 7.11 Å². The van der Waals surface area contributed by atoms with E-state index in [1.54, 1.807) is 7.11 Å². The van der Waals surface area contributed by atoms with E-state index in [1.165, 1.54) is 0 Å². The Labute approximate surface area is 107 Å². The van der Waals surface area contributed by atoms with Crippen molar-refractivity contribution in [2.45, 2.75) is 26.2 Å². The number of ketones is 1. The zero-order valence-electron chi connectivity index (χ0n) is 10.9. The summed E-state index contributed by atoms with van der Waals surface area (Å²) in [6, 6.07) is 7.74. The minimum Gasteiger partial charge on any atom is -0.496 e. The van der Waals surface area contributed by atoms with Gasteiger partial charge in [-0.3, -0.25) is 4.79 Å². The fraction of sp³-hybridized carbons (Fsp3) is 0.467. The Hall–Kier alpha value is -1.82. The van der Waals surface area contributed by atoms with Crippen molar-refractivity contribution in [3.05, 3.63) is 29.3 Å². The molecule has 3 heteroatoms. The van der Waals surface area contributed by atoms with Crippen LogP contribution in [0.2, 0.25) is 0 Å². The quantitative estimate of drug-likeness (QED) is 0.817. The van der Waals surface area contributed by atoms with Crippen molar-refractivity contribution in [1.29, 1.82) is 5.26 Å². The van der Waals surface area contributed by atoms with E-state index in [2.05, 4.69) is 6.07 Å². The Balaban J connectivity index is 2.35. The first kappa shape index (κ1) is 12.6. The van der Waals surface area contributed by atoms with Crippen molar-refractivity contribution in [3.63, 3.8) is 0 Å². The first-order valence-corrected chi connectivity index (χ1v) is 6.16. The lowest BCUT2D eigenvalue weighted by Gasteiger charge is -2.13. The second kappa shape index (κ2) is 4.81. The van der Waals surface area contributed by atoms with Crippen LogP contribution in [0.1, 0.15) is 30.4 Å². The molecule has 1 saturated carbocycles. The Bertz CT molecular complexity index is 516. The van der Waals surface area contributed by atoms with Crippen molar-refractivity contribution in [1.82, 2.24) is 0 Å². The van der Waals surface area contributed by atoms with Crippen molar-refractivity contribution < 1.29 is 9.53 Å². The Morgan fingerprint density at radius 1 is 1.56 bits per heavy atom. The molecule has 1 fully saturated rings. The number of nitrogens with zero attached hydrogens (tertiary/aromatic N) is 1. The van der Waals surface area contributed by atoms with E-state index < -0.39 is 5.92 Å². The van der Waals surface area contributed by atoms with E-state index >= 15 is 0 Å². The molecule has 94 valence electrons. The summed E-state index contributed by atoms with van der Waals surface area (Å²) in [5.41, 5.74) is 1.73. The summed E-state index contributed by atoms with van der Waals surface area (Å²) in [7, 11) is 1.56. The number of methoxy groups -OCH3 is 1. The highest BCUT2D eigenvalue weighted by Gasteiger charge is 2.43. The van der Waals surface area contributed by atoms with Crippen LogP contribution in [0.25, 0.3) is 0 Å². The number of carbonyl (C=O) groups excluding carboxylic acids is 1. The van der Waals surface area contributed by atoms with E-state index in [0.29, 0.717) is 17.2 Å². The van der Waals surface area contributed by atoms with Gasteiger partial charge in [-0.2, -0.15) is 5.26 Å². The van der Waals surface area contributed by atoms with Gasteiger partial charge in [0.2, 0.25) is 0 Å². The summed E-state index contributed by atoms with van der Waals surface area (Å²) in [4.78, 5) is 12.2. The van der Waals surface area contributed by atoms with Gasteiger partial charge in [-0.05, 0) is 25.3 Å². The number of rotatable bonds is 4. The number of ether oxygens (including phenoxy) is 1. The zero-order valence-corrected chi connectivity index (χ0v) is 10.9. The minimum absolute atomic E-state index is 0.0360. The molecule has 0 N–H and O–H groups in total. The predicted octanol–water partition coefficient (Wildman–Crippen LogP) is 2.84. The van der Waals surface area contributed by atoms with Crippen LogP contribution in [0, 0.1) is 30.1 Å². The Morgan fingerprint density at radius 3 is 2.72 bits per heavy atom. The van der Waals surface area contributed by atoms with Crippen LogP contribution in [0.4, 0.5) is 0 Å². The van der Waals surface area contributed by atoms with Crippen LogP contribution >= 0.6 is 0 Å². The molecule has 18 heavy (non-hydrogen) atoms. The third kappa shape index (κ3) is 2.24. The van der Waals surface area contributed by atoms with Crippen LogP contribution in [0.5, 0.6) is 5.75 Å². The molecule has 3 unspecified atom stereocenters. The first-order chi connectivity index (χ1) is 8.58. The highest BCUT2D eigenvalue weighted by atomic mass is 16.5. The SMILES string of the molecule is COc1ccc(C)cc1C(C#N)C(=O)C1CC1C. The smallest absolute Gasteiger partial charge is 0.157 e. The third-order valence-corrected chi connectivity index (χ3v) is 3.58. The van der Waals surface area contributed by atoms with Crippen molar-refractivity contribution in [3.8, 4) is 11.8 Å². The molecule has 0 radical (unpaired) electrons. The summed E-state index contributed by atoms with van der Waals surface area (Å²) in [5, 5.41) is 9.30. The van der Waals surface area contributed by atoms with Gasteiger partial charge in [0.05, 0.1) is 13.2 Å². The maximum absolute atomic E-state index is 12.2. The van der Waals surface area contributed by atoms with Crippen molar-refractivity contribution in [2.24, 2.45) is 11.8 Å². The second-order valence-electron chi connectivity index (χ2n) is 5.03. The number of Topliss-reactive ketones (excluding diaryl/α,β-unsaturated/α-hetero) is 1. The maximum Gasteiger partial charge on any atom is 0.157 e. The molecule has 1 aliphatic carbocycles. The fourth-order valence-electron chi connectivity index (χ4n) is 2.30. The first-order valence-electron chi connectivity index (χ1n) is 6.16. The van der Waals surface area contributed by atoms with E-state index in [9.17, 15) is 10.1 Å². The van der Waals surface area contributed by atoms with E-state index in [1.807, 2.05) is 32.0 Å².